The minimum absolute atomic E-state index is 0.250. The summed E-state index contributed by atoms with van der Waals surface area (Å²) in [5.41, 5.74) is 0.929. The van der Waals surface area contributed by atoms with Gasteiger partial charge in [0.2, 0.25) is 0 Å². The van der Waals surface area contributed by atoms with E-state index in [-0.39, 0.29) is 11.6 Å². The lowest BCUT2D eigenvalue weighted by atomic mass is 10.2. The predicted octanol–water partition coefficient (Wildman–Crippen LogP) is 4.30. The molecule has 0 bridgehead atoms. The molecule has 2 heterocycles. The van der Waals surface area contributed by atoms with E-state index in [9.17, 15) is 4.79 Å². The van der Waals surface area contributed by atoms with E-state index in [0.29, 0.717) is 21.0 Å². The van der Waals surface area contributed by atoms with Crippen LogP contribution >= 0.6 is 27.5 Å². The molecule has 104 valence electrons. The number of hydrogen-bond acceptors (Lipinski definition) is 3. The molecule has 0 atom stereocenters. The number of carbonyl (C=O) groups excluding carboxylic acids is 1. The number of fused-ring (bicyclic) bond motifs is 1. The molecule has 0 spiro atoms. The van der Waals surface area contributed by atoms with Crippen LogP contribution in [0.3, 0.4) is 0 Å². The topological polar surface area (TPSA) is 54.9 Å². The van der Waals surface area contributed by atoms with Crippen molar-refractivity contribution in [3.63, 3.8) is 0 Å². The highest BCUT2D eigenvalue weighted by Crippen LogP contribution is 2.23. The van der Waals surface area contributed by atoms with E-state index in [2.05, 4.69) is 31.2 Å². The molecule has 0 aliphatic heterocycles. The van der Waals surface area contributed by atoms with Crippen molar-refractivity contribution in [1.82, 2.24) is 9.97 Å². The molecule has 1 aromatic carbocycles. The zero-order chi connectivity index (χ0) is 14.8. The first-order chi connectivity index (χ1) is 10.1. The number of aromatic nitrogens is 2. The van der Waals surface area contributed by atoms with Crippen molar-refractivity contribution < 1.29 is 4.79 Å². The first-order valence-electron chi connectivity index (χ1n) is 6.13. The van der Waals surface area contributed by atoms with Gasteiger partial charge in [-0.1, -0.05) is 35.9 Å². The summed E-state index contributed by atoms with van der Waals surface area (Å²) in [7, 11) is 0. The van der Waals surface area contributed by atoms with Gasteiger partial charge < -0.3 is 5.32 Å². The molecular formula is C15H9BrClN3O. The highest BCUT2D eigenvalue weighted by molar-refractivity contribution is 9.10. The molecule has 3 aromatic rings. The average molecular weight is 363 g/mol. The lowest BCUT2D eigenvalue weighted by Gasteiger charge is -2.06. The molecule has 0 fully saturated rings. The number of pyridine rings is 2. The monoisotopic (exact) mass is 361 g/mol. The number of anilines is 1. The summed E-state index contributed by atoms with van der Waals surface area (Å²) in [5.74, 6) is 0.0914. The minimum Gasteiger partial charge on any atom is -0.305 e. The van der Waals surface area contributed by atoms with Crippen molar-refractivity contribution in [2.75, 3.05) is 5.32 Å². The Morgan fingerprint density at radius 3 is 2.71 bits per heavy atom. The van der Waals surface area contributed by atoms with E-state index in [1.807, 2.05) is 24.3 Å². The smallest absolute Gasteiger partial charge is 0.275 e. The molecule has 21 heavy (non-hydrogen) atoms. The van der Waals surface area contributed by atoms with Crippen LogP contribution in [0.5, 0.6) is 0 Å². The van der Waals surface area contributed by atoms with Crippen molar-refractivity contribution in [2.24, 2.45) is 0 Å². The van der Waals surface area contributed by atoms with Crippen molar-refractivity contribution in [1.29, 1.82) is 0 Å². The maximum Gasteiger partial charge on any atom is 0.275 e. The Kier molecular flexibility index (Phi) is 3.86. The summed E-state index contributed by atoms with van der Waals surface area (Å²) >= 11 is 9.44. The molecule has 0 aliphatic carbocycles. The summed E-state index contributed by atoms with van der Waals surface area (Å²) in [5, 5.41) is 4.00. The third-order valence-corrected chi connectivity index (χ3v) is 3.61. The zero-order valence-corrected chi connectivity index (χ0v) is 13.0. The Labute approximate surface area is 134 Å². The van der Waals surface area contributed by atoms with Gasteiger partial charge in [-0.3, -0.25) is 4.79 Å². The molecular weight excluding hydrogens is 354 g/mol. The Balaban J connectivity index is 1.94. The van der Waals surface area contributed by atoms with Crippen LogP contribution in [0, 0.1) is 0 Å². The Morgan fingerprint density at radius 2 is 1.90 bits per heavy atom. The highest BCUT2D eigenvalue weighted by Gasteiger charge is 2.12. The van der Waals surface area contributed by atoms with Crippen LogP contribution in [-0.2, 0) is 0 Å². The van der Waals surface area contributed by atoms with E-state index < -0.39 is 0 Å². The van der Waals surface area contributed by atoms with Crippen LogP contribution in [0.2, 0.25) is 5.02 Å². The number of amides is 1. The fourth-order valence-corrected chi connectivity index (χ4v) is 2.51. The maximum atomic E-state index is 12.2. The normalized spacial score (nSPS) is 10.6. The van der Waals surface area contributed by atoms with Gasteiger partial charge in [-0.15, -0.1) is 0 Å². The Morgan fingerprint density at radius 1 is 1.10 bits per heavy atom. The lowest BCUT2D eigenvalue weighted by molar-refractivity contribution is 0.102. The van der Waals surface area contributed by atoms with Gasteiger partial charge in [0.15, 0.2) is 0 Å². The van der Waals surface area contributed by atoms with E-state index in [4.69, 9.17) is 11.6 Å². The molecule has 3 rings (SSSR count). The van der Waals surface area contributed by atoms with Crippen LogP contribution in [0.25, 0.3) is 10.9 Å². The molecule has 0 saturated carbocycles. The first kappa shape index (κ1) is 14.0. The summed E-state index contributed by atoms with van der Waals surface area (Å²) in [6.45, 7) is 0. The second-order valence-electron chi connectivity index (χ2n) is 4.31. The fraction of sp³-hybridized carbons (Fsp3) is 0. The van der Waals surface area contributed by atoms with E-state index >= 15 is 0 Å². The van der Waals surface area contributed by atoms with Gasteiger partial charge in [0.05, 0.1) is 10.5 Å². The molecule has 0 unspecified atom stereocenters. The zero-order valence-electron chi connectivity index (χ0n) is 10.7. The molecule has 6 heteroatoms. The molecule has 1 amide bonds. The van der Waals surface area contributed by atoms with Gasteiger partial charge in [0.1, 0.15) is 16.1 Å². The van der Waals surface area contributed by atoms with E-state index in [1.165, 1.54) is 0 Å². The van der Waals surface area contributed by atoms with Gasteiger partial charge in [-0.05, 0) is 40.2 Å². The SMILES string of the molecule is O=C(Nc1cccc(Br)n1)c1cc(Cl)c2ccccc2n1. The molecule has 0 radical (unpaired) electrons. The maximum absolute atomic E-state index is 12.2. The van der Waals surface area contributed by atoms with Gasteiger partial charge in [-0.2, -0.15) is 0 Å². The van der Waals surface area contributed by atoms with Crippen molar-refractivity contribution in [3.8, 4) is 0 Å². The Hall–Kier alpha value is -1.98. The van der Waals surface area contributed by atoms with Crippen LogP contribution in [-0.4, -0.2) is 15.9 Å². The standard InChI is InChI=1S/C15H9BrClN3O/c16-13-6-3-7-14(19-13)20-15(21)12-8-10(17)9-4-1-2-5-11(9)18-12/h1-8H,(H,19,20,21). The number of nitrogens with one attached hydrogen (secondary N) is 1. The van der Waals surface area contributed by atoms with Crippen LogP contribution in [0.15, 0.2) is 53.1 Å². The second kappa shape index (κ2) is 5.79. The summed E-state index contributed by atoms with van der Waals surface area (Å²) < 4.78 is 0.643. The third-order valence-electron chi connectivity index (χ3n) is 2.86. The summed E-state index contributed by atoms with van der Waals surface area (Å²) in [4.78, 5) is 20.7. The fourth-order valence-electron chi connectivity index (χ4n) is 1.91. The van der Waals surface area contributed by atoms with Crippen LogP contribution in [0.1, 0.15) is 10.5 Å². The third kappa shape index (κ3) is 3.04. The average Bonchev–Trinajstić information content (AvgIpc) is 2.47. The number of halogens is 2. The number of rotatable bonds is 2. The van der Waals surface area contributed by atoms with Gasteiger partial charge >= 0.3 is 0 Å². The van der Waals surface area contributed by atoms with Gasteiger partial charge in [-0.25, -0.2) is 9.97 Å². The van der Waals surface area contributed by atoms with Crippen molar-refractivity contribution in [2.45, 2.75) is 0 Å². The second-order valence-corrected chi connectivity index (χ2v) is 5.53. The van der Waals surface area contributed by atoms with E-state index in [0.717, 1.165) is 5.39 Å². The molecule has 4 nitrogen and oxygen atoms in total. The summed E-state index contributed by atoms with van der Waals surface area (Å²) in [6, 6.07) is 14.2. The van der Waals surface area contributed by atoms with Crippen LogP contribution < -0.4 is 5.32 Å². The van der Waals surface area contributed by atoms with Crippen LogP contribution in [0.4, 0.5) is 5.82 Å². The Bertz CT molecular complexity index is 838. The largest absolute Gasteiger partial charge is 0.305 e. The predicted molar refractivity (Wildman–Crippen MR) is 86.6 cm³/mol. The lowest BCUT2D eigenvalue weighted by Crippen LogP contribution is -2.14. The number of para-hydroxylation sites is 1. The van der Waals surface area contributed by atoms with Crippen molar-refractivity contribution in [3.05, 3.63) is 63.9 Å². The van der Waals surface area contributed by atoms with Gasteiger partial charge in [0, 0.05) is 5.39 Å². The number of nitrogens with zero attached hydrogens (tertiary/aromatic N) is 2. The van der Waals surface area contributed by atoms with Gasteiger partial charge in [0.25, 0.3) is 5.91 Å². The number of carbonyl (C=O) groups is 1. The first-order valence-corrected chi connectivity index (χ1v) is 7.30. The minimum atomic E-state index is -0.353. The molecule has 0 saturated heterocycles. The molecule has 2 aromatic heterocycles. The molecule has 0 aliphatic rings. The van der Waals surface area contributed by atoms with E-state index in [1.54, 1.807) is 24.3 Å². The molecule has 1 N–H and O–H groups in total. The highest BCUT2D eigenvalue weighted by atomic mass is 79.9. The van der Waals surface area contributed by atoms with Crippen molar-refractivity contribution >= 4 is 50.2 Å². The quantitative estimate of drug-likeness (QED) is 0.692. The number of hydrogen-bond donors (Lipinski definition) is 1. The number of benzene rings is 1. The summed E-state index contributed by atoms with van der Waals surface area (Å²) in [6.07, 6.45) is 0.